The quantitative estimate of drug-likeness (QED) is 0.502. The van der Waals surface area contributed by atoms with Crippen LogP contribution in [0, 0.1) is 6.92 Å². The van der Waals surface area contributed by atoms with Crippen LogP contribution in [0.1, 0.15) is 20.8 Å². The zero-order valence-electron chi connectivity index (χ0n) is 12.7. The molecule has 0 spiro atoms. The molecule has 0 bridgehead atoms. The summed E-state index contributed by atoms with van der Waals surface area (Å²) in [7, 11) is 0. The fraction of sp³-hybridized carbons (Fsp3) is 0.0500. The van der Waals surface area contributed by atoms with Crippen molar-refractivity contribution in [2.24, 2.45) is 0 Å². The zero-order valence-corrected chi connectivity index (χ0v) is 13.5. The molecular formula is C20H15NOS. The molecular weight excluding hydrogens is 302 g/mol. The number of aromatic amines is 1. The summed E-state index contributed by atoms with van der Waals surface area (Å²) < 4.78 is 0. The Bertz CT molecular complexity index is 995. The van der Waals surface area contributed by atoms with Crippen molar-refractivity contribution in [3.05, 3.63) is 82.7 Å². The van der Waals surface area contributed by atoms with Crippen molar-refractivity contribution in [1.82, 2.24) is 4.98 Å². The van der Waals surface area contributed by atoms with E-state index in [4.69, 9.17) is 0 Å². The van der Waals surface area contributed by atoms with Crippen LogP contribution >= 0.6 is 11.3 Å². The van der Waals surface area contributed by atoms with Gasteiger partial charge >= 0.3 is 0 Å². The minimum atomic E-state index is 0.0793. The highest BCUT2D eigenvalue weighted by Gasteiger charge is 2.15. The van der Waals surface area contributed by atoms with Gasteiger partial charge in [-0.3, -0.25) is 4.79 Å². The highest BCUT2D eigenvalue weighted by molar-refractivity contribution is 7.17. The molecule has 4 rings (SSSR count). The Labute approximate surface area is 138 Å². The number of thiophene rings is 1. The number of hydrogen-bond donors (Lipinski definition) is 1. The lowest BCUT2D eigenvalue weighted by Gasteiger charge is -1.97. The first-order chi connectivity index (χ1) is 11.2. The summed E-state index contributed by atoms with van der Waals surface area (Å²) in [5.74, 6) is 0.0793. The van der Waals surface area contributed by atoms with Crippen molar-refractivity contribution in [2.45, 2.75) is 6.92 Å². The van der Waals surface area contributed by atoms with Crippen LogP contribution in [0.3, 0.4) is 0 Å². The number of fused-ring (bicyclic) bond motifs is 1. The van der Waals surface area contributed by atoms with Gasteiger partial charge in [0.2, 0.25) is 5.78 Å². The molecule has 0 amide bonds. The largest absolute Gasteiger partial charge is 0.354 e. The summed E-state index contributed by atoms with van der Waals surface area (Å²) in [5, 5.41) is 1.23. The number of aryl methyl sites for hydroxylation is 1. The Balaban J connectivity index is 1.75. The molecule has 2 aromatic heterocycles. The maximum absolute atomic E-state index is 12.5. The first-order valence-corrected chi connectivity index (χ1v) is 8.33. The number of rotatable bonds is 3. The first-order valence-electron chi connectivity index (χ1n) is 7.51. The molecule has 0 unspecified atom stereocenters. The second-order valence-corrected chi connectivity index (χ2v) is 6.61. The molecule has 3 heteroatoms. The lowest BCUT2D eigenvalue weighted by molar-refractivity contribution is 0.104. The van der Waals surface area contributed by atoms with Crippen LogP contribution in [0.4, 0.5) is 0 Å². The molecule has 23 heavy (non-hydrogen) atoms. The van der Waals surface area contributed by atoms with Crippen molar-refractivity contribution in [3.8, 4) is 10.6 Å². The van der Waals surface area contributed by atoms with Gasteiger partial charge in [0, 0.05) is 16.5 Å². The maximum atomic E-state index is 12.5. The molecule has 4 aromatic rings. The van der Waals surface area contributed by atoms with E-state index in [2.05, 4.69) is 24.0 Å². The van der Waals surface area contributed by atoms with Gasteiger partial charge in [-0.05, 0) is 30.7 Å². The minimum absolute atomic E-state index is 0.0793. The Morgan fingerprint density at radius 3 is 2.43 bits per heavy atom. The number of carbonyl (C=O) groups excluding carboxylic acids is 1. The summed E-state index contributed by atoms with van der Waals surface area (Å²) in [6.45, 7) is 2.12. The van der Waals surface area contributed by atoms with Crippen molar-refractivity contribution in [2.75, 3.05) is 0 Å². The van der Waals surface area contributed by atoms with E-state index < -0.39 is 0 Å². The lowest BCUT2D eigenvalue weighted by atomic mass is 10.1. The number of H-pyrrole nitrogens is 1. The topological polar surface area (TPSA) is 32.9 Å². The fourth-order valence-corrected chi connectivity index (χ4v) is 3.88. The summed E-state index contributed by atoms with van der Waals surface area (Å²) in [6, 6.07) is 21.6. The van der Waals surface area contributed by atoms with Crippen LogP contribution < -0.4 is 0 Å². The molecule has 0 atom stereocenters. The number of carbonyl (C=O) groups is 1. The molecule has 0 fully saturated rings. The predicted octanol–water partition coefficient (Wildman–Crippen LogP) is 5.44. The second-order valence-electron chi connectivity index (χ2n) is 5.53. The van der Waals surface area contributed by atoms with Crippen LogP contribution in [0.5, 0.6) is 0 Å². The van der Waals surface area contributed by atoms with E-state index in [1.54, 1.807) is 0 Å². The van der Waals surface area contributed by atoms with Gasteiger partial charge in [0.25, 0.3) is 0 Å². The van der Waals surface area contributed by atoms with Crippen molar-refractivity contribution in [3.63, 3.8) is 0 Å². The second kappa shape index (κ2) is 5.52. The van der Waals surface area contributed by atoms with E-state index in [-0.39, 0.29) is 5.78 Å². The highest BCUT2D eigenvalue weighted by atomic mass is 32.1. The fourth-order valence-electron chi connectivity index (χ4n) is 2.85. The van der Waals surface area contributed by atoms with E-state index >= 15 is 0 Å². The molecule has 0 saturated carbocycles. The van der Waals surface area contributed by atoms with Crippen molar-refractivity contribution in [1.29, 1.82) is 0 Å². The molecule has 2 aromatic carbocycles. The average molecular weight is 317 g/mol. The standard InChI is InChI=1S/C20H15NOS/c1-13-15-9-5-6-10-16(15)21-19(13)17-11-12-18(23-17)20(22)14-7-3-2-4-8-14/h2-12,21H,1H3. The number of para-hydroxylation sites is 1. The lowest BCUT2D eigenvalue weighted by Crippen LogP contribution is -1.97. The Kier molecular flexibility index (Phi) is 3.36. The van der Waals surface area contributed by atoms with Gasteiger partial charge in [0.05, 0.1) is 15.4 Å². The third-order valence-electron chi connectivity index (χ3n) is 4.08. The van der Waals surface area contributed by atoms with Crippen LogP contribution in [0.15, 0.2) is 66.7 Å². The summed E-state index contributed by atoms with van der Waals surface area (Å²) in [5.41, 5.74) is 4.18. The molecule has 0 aliphatic rings. The minimum Gasteiger partial charge on any atom is -0.354 e. The Hall–Kier alpha value is -2.65. The van der Waals surface area contributed by atoms with E-state index in [1.165, 1.54) is 22.3 Å². The van der Waals surface area contributed by atoms with Gasteiger partial charge < -0.3 is 4.98 Å². The normalized spacial score (nSPS) is 11.0. The smallest absolute Gasteiger partial charge is 0.202 e. The van der Waals surface area contributed by atoms with Gasteiger partial charge in [0.15, 0.2) is 0 Å². The molecule has 0 saturated heterocycles. The van der Waals surface area contributed by atoms with Crippen LogP contribution in [-0.2, 0) is 0 Å². The average Bonchev–Trinajstić information content (AvgIpc) is 3.20. The van der Waals surface area contributed by atoms with E-state index in [9.17, 15) is 4.79 Å². The molecule has 2 nitrogen and oxygen atoms in total. The van der Waals surface area contributed by atoms with Crippen LogP contribution in [-0.4, -0.2) is 10.8 Å². The molecule has 1 N–H and O–H groups in total. The number of nitrogens with one attached hydrogen (secondary N) is 1. The monoisotopic (exact) mass is 317 g/mol. The summed E-state index contributed by atoms with van der Waals surface area (Å²) in [6.07, 6.45) is 0. The van der Waals surface area contributed by atoms with E-state index in [1.807, 2.05) is 54.6 Å². The zero-order chi connectivity index (χ0) is 15.8. The predicted molar refractivity (Wildman–Crippen MR) is 96.2 cm³/mol. The maximum Gasteiger partial charge on any atom is 0.202 e. The summed E-state index contributed by atoms with van der Waals surface area (Å²) >= 11 is 1.54. The first kappa shape index (κ1) is 14.0. The number of benzene rings is 2. The van der Waals surface area contributed by atoms with Gasteiger partial charge in [0.1, 0.15) is 0 Å². The van der Waals surface area contributed by atoms with E-state index in [0.29, 0.717) is 0 Å². The number of hydrogen-bond acceptors (Lipinski definition) is 2. The van der Waals surface area contributed by atoms with Gasteiger partial charge in [-0.1, -0.05) is 48.5 Å². The van der Waals surface area contributed by atoms with Crippen molar-refractivity contribution >= 4 is 28.0 Å². The van der Waals surface area contributed by atoms with E-state index in [0.717, 1.165) is 26.5 Å². The Morgan fingerprint density at radius 1 is 0.913 bits per heavy atom. The van der Waals surface area contributed by atoms with Crippen LogP contribution in [0.2, 0.25) is 0 Å². The van der Waals surface area contributed by atoms with Crippen LogP contribution in [0.25, 0.3) is 21.5 Å². The molecule has 0 aliphatic heterocycles. The van der Waals surface area contributed by atoms with Gasteiger partial charge in [-0.25, -0.2) is 0 Å². The number of aromatic nitrogens is 1. The van der Waals surface area contributed by atoms with Crippen molar-refractivity contribution < 1.29 is 4.79 Å². The van der Waals surface area contributed by atoms with Gasteiger partial charge in [-0.15, -0.1) is 11.3 Å². The third-order valence-corrected chi connectivity index (χ3v) is 5.18. The van der Waals surface area contributed by atoms with Gasteiger partial charge in [-0.2, -0.15) is 0 Å². The molecule has 0 radical (unpaired) electrons. The SMILES string of the molecule is Cc1c(-c2ccc(C(=O)c3ccccc3)s2)[nH]c2ccccc12. The Morgan fingerprint density at radius 2 is 1.65 bits per heavy atom. The molecule has 2 heterocycles. The third kappa shape index (κ3) is 2.39. The molecule has 112 valence electrons. The number of ketones is 1. The summed E-state index contributed by atoms with van der Waals surface area (Å²) in [4.78, 5) is 17.9. The molecule has 0 aliphatic carbocycles. The highest BCUT2D eigenvalue weighted by Crippen LogP contribution is 2.34.